The Morgan fingerprint density at radius 1 is 1.32 bits per heavy atom. The summed E-state index contributed by atoms with van der Waals surface area (Å²) in [5, 5.41) is 3.36. The SMILES string of the molecule is Nc1ncnc2c1ccn2CC(=O)N(CC(=O)Nc1cncc(Br)n1)C1CC1. The van der Waals surface area contributed by atoms with Crippen molar-refractivity contribution in [3.63, 3.8) is 0 Å². The summed E-state index contributed by atoms with van der Waals surface area (Å²) in [6, 6.07) is 1.85. The minimum absolute atomic E-state index is 0.0476. The molecule has 0 bridgehead atoms. The highest BCUT2D eigenvalue weighted by atomic mass is 79.9. The van der Waals surface area contributed by atoms with Gasteiger partial charge in [-0.2, -0.15) is 0 Å². The van der Waals surface area contributed by atoms with E-state index >= 15 is 0 Å². The summed E-state index contributed by atoms with van der Waals surface area (Å²) in [4.78, 5) is 43.1. The Morgan fingerprint density at radius 2 is 2.14 bits per heavy atom. The molecule has 2 amide bonds. The molecular formula is C17H17BrN8O2. The van der Waals surface area contributed by atoms with E-state index < -0.39 is 0 Å². The third-order valence-electron chi connectivity index (χ3n) is 4.39. The first-order chi connectivity index (χ1) is 13.5. The van der Waals surface area contributed by atoms with Gasteiger partial charge in [0, 0.05) is 12.2 Å². The Labute approximate surface area is 168 Å². The van der Waals surface area contributed by atoms with Gasteiger partial charge in [-0.1, -0.05) is 0 Å². The third kappa shape index (κ3) is 3.93. The first kappa shape index (κ1) is 18.3. The van der Waals surface area contributed by atoms with E-state index in [2.05, 4.69) is 41.2 Å². The number of aromatic nitrogens is 5. The van der Waals surface area contributed by atoms with Crippen LogP contribution in [0.2, 0.25) is 0 Å². The molecule has 0 unspecified atom stereocenters. The molecule has 3 N–H and O–H groups in total. The minimum Gasteiger partial charge on any atom is -0.383 e. The van der Waals surface area contributed by atoms with Crippen LogP contribution in [0.5, 0.6) is 0 Å². The Hall–Kier alpha value is -3.08. The lowest BCUT2D eigenvalue weighted by molar-refractivity contribution is -0.135. The number of nitrogens with two attached hydrogens (primary N) is 1. The number of rotatable bonds is 6. The van der Waals surface area contributed by atoms with Crippen LogP contribution in [0.25, 0.3) is 11.0 Å². The summed E-state index contributed by atoms with van der Waals surface area (Å²) in [5.41, 5.74) is 6.43. The van der Waals surface area contributed by atoms with E-state index in [4.69, 9.17) is 5.73 Å². The fourth-order valence-corrected chi connectivity index (χ4v) is 3.24. The maximum absolute atomic E-state index is 12.9. The molecule has 10 nitrogen and oxygen atoms in total. The van der Waals surface area contributed by atoms with E-state index in [0.717, 1.165) is 12.8 Å². The number of nitrogen functional groups attached to an aromatic ring is 1. The Balaban J connectivity index is 1.46. The molecule has 0 atom stereocenters. The second-order valence-electron chi connectivity index (χ2n) is 6.47. The molecule has 0 spiro atoms. The highest BCUT2D eigenvalue weighted by Crippen LogP contribution is 2.27. The van der Waals surface area contributed by atoms with Crippen molar-refractivity contribution < 1.29 is 9.59 Å². The van der Waals surface area contributed by atoms with E-state index in [1.165, 1.54) is 18.7 Å². The molecule has 0 aromatic carbocycles. The van der Waals surface area contributed by atoms with E-state index in [9.17, 15) is 9.59 Å². The van der Waals surface area contributed by atoms with E-state index in [0.29, 0.717) is 27.3 Å². The summed E-state index contributed by atoms with van der Waals surface area (Å²) in [6.45, 7) is 0.0223. The zero-order valence-corrected chi connectivity index (χ0v) is 16.3. The summed E-state index contributed by atoms with van der Waals surface area (Å²) in [5.74, 6) is 0.208. The van der Waals surface area contributed by atoms with Crippen LogP contribution in [-0.2, 0) is 16.1 Å². The second-order valence-corrected chi connectivity index (χ2v) is 7.28. The van der Waals surface area contributed by atoms with Gasteiger partial charge in [-0.3, -0.25) is 14.6 Å². The van der Waals surface area contributed by atoms with Crippen LogP contribution < -0.4 is 11.1 Å². The van der Waals surface area contributed by atoms with Crippen LogP contribution in [0.15, 0.2) is 35.6 Å². The fraction of sp³-hybridized carbons (Fsp3) is 0.294. The van der Waals surface area contributed by atoms with E-state index in [-0.39, 0.29) is 30.9 Å². The standard InChI is InChI=1S/C17H17BrN8O2/c18-12-5-20-6-13(23-12)24-14(27)7-26(10-1-2-10)15(28)8-25-4-3-11-16(19)21-9-22-17(11)25/h3-6,9-10H,1-2,7-8H2,(H2,19,21,22)(H,23,24,27). The summed E-state index contributed by atoms with van der Waals surface area (Å²) < 4.78 is 2.23. The number of anilines is 2. The number of amides is 2. The average Bonchev–Trinajstić information content (AvgIpc) is 3.41. The zero-order chi connectivity index (χ0) is 19.7. The Bertz CT molecular complexity index is 1050. The molecule has 0 aliphatic heterocycles. The van der Waals surface area contributed by atoms with Crippen molar-refractivity contribution in [1.29, 1.82) is 0 Å². The largest absolute Gasteiger partial charge is 0.383 e. The van der Waals surface area contributed by atoms with Crippen LogP contribution in [0.3, 0.4) is 0 Å². The lowest BCUT2D eigenvalue weighted by Crippen LogP contribution is -2.41. The zero-order valence-electron chi connectivity index (χ0n) is 14.7. The molecule has 11 heteroatoms. The first-order valence-electron chi connectivity index (χ1n) is 8.63. The molecule has 1 fully saturated rings. The molecule has 3 aromatic rings. The van der Waals surface area contributed by atoms with Crippen LogP contribution in [0.1, 0.15) is 12.8 Å². The lowest BCUT2D eigenvalue weighted by Gasteiger charge is -2.22. The summed E-state index contributed by atoms with van der Waals surface area (Å²) >= 11 is 3.21. The molecule has 0 radical (unpaired) electrons. The smallest absolute Gasteiger partial charge is 0.245 e. The highest BCUT2D eigenvalue weighted by Gasteiger charge is 2.34. The van der Waals surface area contributed by atoms with Crippen molar-refractivity contribution in [2.45, 2.75) is 25.4 Å². The van der Waals surface area contributed by atoms with Gasteiger partial charge >= 0.3 is 0 Å². The number of nitrogens with zero attached hydrogens (tertiary/aromatic N) is 6. The normalized spacial score (nSPS) is 13.5. The van der Waals surface area contributed by atoms with Crippen molar-refractivity contribution in [1.82, 2.24) is 29.4 Å². The van der Waals surface area contributed by atoms with Crippen molar-refractivity contribution in [2.24, 2.45) is 0 Å². The Kier molecular flexibility index (Phi) is 4.90. The van der Waals surface area contributed by atoms with Gasteiger partial charge in [-0.25, -0.2) is 15.0 Å². The third-order valence-corrected chi connectivity index (χ3v) is 4.77. The number of nitrogens with one attached hydrogen (secondary N) is 1. The fourth-order valence-electron chi connectivity index (χ4n) is 2.93. The van der Waals surface area contributed by atoms with Gasteiger partial charge < -0.3 is 20.5 Å². The van der Waals surface area contributed by atoms with E-state index in [1.807, 2.05) is 0 Å². The van der Waals surface area contributed by atoms with Crippen molar-refractivity contribution in [3.05, 3.63) is 35.6 Å². The van der Waals surface area contributed by atoms with Crippen LogP contribution >= 0.6 is 15.9 Å². The van der Waals surface area contributed by atoms with Gasteiger partial charge in [0.05, 0.1) is 17.8 Å². The predicted octanol–water partition coefficient (Wildman–Crippen LogP) is 1.20. The van der Waals surface area contributed by atoms with Crippen molar-refractivity contribution in [2.75, 3.05) is 17.6 Å². The van der Waals surface area contributed by atoms with Crippen molar-refractivity contribution >= 4 is 50.4 Å². The molecule has 1 saturated carbocycles. The monoisotopic (exact) mass is 444 g/mol. The molecule has 0 saturated heterocycles. The lowest BCUT2D eigenvalue weighted by atomic mass is 10.4. The van der Waals surface area contributed by atoms with Crippen LogP contribution in [-0.4, -0.2) is 53.8 Å². The molecule has 144 valence electrons. The topological polar surface area (TPSA) is 132 Å². The molecule has 1 aliphatic carbocycles. The molecular weight excluding hydrogens is 428 g/mol. The molecule has 28 heavy (non-hydrogen) atoms. The quantitative estimate of drug-likeness (QED) is 0.583. The number of fused-ring (bicyclic) bond motifs is 1. The van der Waals surface area contributed by atoms with Gasteiger partial charge in [-0.15, -0.1) is 0 Å². The Morgan fingerprint density at radius 3 is 2.89 bits per heavy atom. The number of halogens is 1. The number of hydrogen-bond donors (Lipinski definition) is 2. The number of hydrogen-bond acceptors (Lipinski definition) is 7. The first-order valence-corrected chi connectivity index (χ1v) is 9.43. The van der Waals surface area contributed by atoms with Crippen LogP contribution in [0.4, 0.5) is 11.6 Å². The van der Waals surface area contributed by atoms with Gasteiger partial charge in [0.2, 0.25) is 11.8 Å². The molecule has 1 aliphatic rings. The molecule has 4 rings (SSSR count). The van der Waals surface area contributed by atoms with Gasteiger partial charge in [0.1, 0.15) is 35.5 Å². The van der Waals surface area contributed by atoms with Crippen LogP contribution in [0, 0.1) is 0 Å². The highest BCUT2D eigenvalue weighted by molar-refractivity contribution is 9.10. The number of carbonyl (C=O) groups excluding carboxylic acids is 2. The number of carbonyl (C=O) groups is 2. The maximum Gasteiger partial charge on any atom is 0.245 e. The molecule has 3 aromatic heterocycles. The average molecular weight is 445 g/mol. The van der Waals surface area contributed by atoms with E-state index in [1.54, 1.807) is 21.7 Å². The summed E-state index contributed by atoms with van der Waals surface area (Å²) in [7, 11) is 0. The van der Waals surface area contributed by atoms with Gasteiger partial charge in [0.15, 0.2) is 5.82 Å². The van der Waals surface area contributed by atoms with Gasteiger partial charge in [0.25, 0.3) is 0 Å². The second kappa shape index (κ2) is 7.50. The summed E-state index contributed by atoms with van der Waals surface area (Å²) in [6.07, 6.45) is 7.85. The predicted molar refractivity (Wildman–Crippen MR) is 105 cm³/mol. The van der Waals surface area contributed by atoms with Gasteiger partial charge in [-0.05, 0) is 34.8 Å². The maximum atomic E-state index is 12.9. The molecule has 3 heterocycles. The van der Waals surface area contributed by atoms with Crippen molar-refractivity contribution in [3.8, 4) is 0 Å². The minimum atomic E-state index is -0.323.